The van der Waals surface area contributed by atoms with Crippen LogP contribution >= 0.6 is 38.6 Å². The highest BCUT2D eigenvalue weighted by Gasteiger charge is 2.21. The molecule has 1 aliphatic carbocycles. The summed E-state index contributed by atoms with van der Waals surface area (Å²) in [5.74, 6) is 1.42. The number of aromatic nitrogens is 7. The number of fused-ring (bicyclic) bond motifs is 8. The molecule has 93 heavy (non-hydrogen) atoms. The van der Waals surface area contributed by atoms with E-state index in [1.807, 2.05) is 115 Å². The van der Waals surface area contributed by atoms with Crippen LogP contribution in [0.4, 0.5) is 0 Å². The van der Waals surface area contributed by atoms with Crippen molar-refractivity contribution < 1.29 is 0 Å². The van der Waals surface area contributed by atoms with Crippen molar-refractivity contribution in [1.29, 1.82) is 0 Å². The minimum absolute atomic E-state index is 0.693. The molecule has 17 aromatic rings. The molecule has 18 rings (SSSR count). The van der Waals surface area contributed by atoms with E-state index in [0.29, 0.717) is 5.82 Å². The summed E-state index contributed by atoms with van der Waals surface area (Å²) >= 11 is 7.03. The molecule has 0 bridgehead atoms. The van der Waals surface area contributed by atoms with Gasteiger partial charge in [0.25, 0.3) is 0 Å². The topological polar surface area (TPSA) is 82.3 Å². The van der Waals surface area contributed by atoms with Crippen molar-refractivity contribution >= 4 is 80.8 Å². The van der Waals surface area contributed by atoms with E-state index in [9.17, 15) is 0 Å². The molecular formula is C83H54BrN7S2. The zero-order valence-electron chi connectivity index (χ0n) is 50.1. The van der Waals surface area contributed by atoms with Crippen molar-refractivity contribution in [2.75, 3.05) is 0 Å². The first-order valence-corrected chi connectivity index (χ1v) is 33.2. The summed E-state index contributed by atoms with van der Waals surface area (Å²) in [6, 6.07) is 109. The minimum atomic E-state index is 0.693. The van der Waals surface area contributed by atoms with Crippen LogP contribution in [-0.2, 0) is 6.42 Å². The number of thiazole rings is 2. The van der Waals surface area contributed by atoms with Crippen molar-refractivity contribution in [3.05, 3.63) is 331 Å². The number of rotatable bonds is 9. The molecule has 0 atom stereocenters. The number of nitrogens with zero attached hydrogens (tertiary/aromatic N) is 7. The van der Waals surface area contributed by atoms with Crippen molar-refractivity contribution in [2.24, 2.45) is 0 Å². The van der Waals surface area contributed by atoms with E-state index in [2.05, 4.69) is 221 Å². The molecule has 0 fully saturated rings. The highest BCUT2D eigenvalue weighted by Crippen LogP contribution is 2.42. The number of benzene rings is 12. The van der Waals surface area contributed by atoms with Gasteiger partial charge in [-0.15, -0.1) is 22.7 Å². The lowest BCUT2D eigenvalue weighted by Gasteiger charge is -2.12. The molecule has 10 heteroatoms. The van der Waals surface area contributed by atoms with E-state index in [1.54, 1.807) is 22.7 Å². The molecule has 0 unspecified atom stereocenters. The Morgan fingerprint density at radius 2 is 0.731 bits per heavy atom. The minimum Gasteiger partial charge on any atom is -0.309 e. The van der Waals surface area contributed by atoms with Crippen LogP contribution in [0.5, 0.6) is 0 Å². The van der Waals surface area contributed by atoms with Crippen molar-refractivity contribution in [3.63, 3.8) is 0 Å². The van der Waals surface area contributed by atoms with E-state index < -0.39 is 0 Å². The van der Waals surface area contributed by atoms with Gasteiger partial charge in [-0.25, -0.2) is 29.9 Å². The van der Waals surface area contributed by atoms with Gasteiger partial charge in [0.1, 0.15) is 10.0 Å². The zero-order chi connectivity index (χ0) is 62.0. The Kier molecular flexibility index (Phi) is 15.5. The Balaban J connectivity index is 0.000000122. The normalized spacial score (nSPS) is 11.5. The number of hydrogen-bond donors (Lipinski definition) is 0. The van der Waals surface area contributed by atoms with E-state index in [1.165, 1.54) is 48.0 Å². The zero-order valence-corrected chi connectivity index (χ0v) is 53.3. The Morgan fingerprint density at radius 1 is 0.290 bits per heavy atom. The maximum Gasteiger partial charge on any atom is 0.160 e. The summed E-state index contributed by atoms with van der Waals surface area (Å²) in [7, 11) is 0. The lowest BCUT2D eigenvalue weighted by Crippen LogP contribution is -1.98. The molecule has 0 saturated carbocycles. The van der Waals surface area contributed by atoms with Gasteiger partial charge < -0.3 is 4.57 Å². The Morgan fingerprint density at radius 3 is 1.29 bits per heavy atom. The standard InChI is InChI=1S/C41H26N4S.C22H15BrN2.C20H13NS/c1-3-12-27(13-4-1)35-26-36(28-14-5-2-6-15-28)43-40(42-35)29-16-11-17-31(24-29)45-37-20-9-7-18-32(37)33-23-22-30(25-38(33)45)41-44-34-19-8-10-21-39(34)46-41;23-19-13-7-12-18(14-19)22-24-20(16-8-3-1-4-9-16)15-21(25-22)17-10-5-2-6-11-17;1-2-6-16-13(5-1)11-15-12-14(9-10-17(15)16)20-21-18-7-3-4-8-19(18)22-20/h1-26H;1-15H;1-10,12H,11H2. The summed E-state index contributed by atoms with van der Waals surface area (Å²) in [6.07, 6.45) is 1.03. The highest BCUT2D eigenvalue weighted by molar-refractivity contribution is 9.10. The first-order valence-electron chi connectivity index (χ1n) is 30.8. The van der Waals surface area contributed by atoms with Crippen LogP contribution in [0, 0.1) is 0 Å². The van der Waals surface area contributed by atoms with Crippen molar-refractivity contribution in [1.82, 2.24) is 34.5 Å². The summed E-state index contributed by atoms with van der Waals surface area (Å²) in [4.78, 5) is 29.5. The van der Waals surface area contributed by atoms with E-state index in [0.717, 1.165) is 116 Å². The van der Waals surface area contributed by atoms with Gasteiger partial charge in [-0.05, 0) is 108 Å². The molecule has 0 saturated heterocycles. The second-order valence-corrected chi connectivity index (χ2v) is 25.7. The maximum atomic E-state index is 5.09. The fraction of sp³-hybridized carbons (Fsp3) is 0.0120. The van der Waals surface area contributed by atoms with Crippen LogP contribution in [0.3, 0.4) is 0 Å². The first kappa shape index (κ1) is 57.0. The second kappa shape index (κ2) is 25.3. The van der Waals surface area contributed by atoms with Gasteiger partial charge in [0.2, 0.25) is 0 Å². The molecule has 5 heterocycles. The van der Waals surface area contributed by atoms with E-state index in [-0.39, 0.29) is 0 Å². The molecular weight excluding hydrogens is 1240 g/mol. The second-order valence-electron chi connectivity index (χ2n) is 22.7. The number of para-hydroxylation sites is 3. The van der Waals surface area contributed by atoms with E-state index >= 15 is 0 Å². The quantitative estimate of drug-likeness (QED) is 0.143. The average molecular weight is 1290 g/mol. The SMILES string of the molecule is Brc1cccc(-c2nc(-c3ccccc3)cc(-c3ccccc3)n2)c1.c1ccc(-c2cc(-c3ccccc3)nc(-c3cccc(-n4c5ccccc5c5ccc(-c6nc7ccccc7s6)cc54)c3)n2)cc1.c1ccc2c(c1)Cc1cc(-c3nc4ccccc4s3)ccc1-2. The summed E-state index contributed by atoms with van der Waals surface area (Å²) in [6.45, 7) is 0. The fourth-order valence-corrected chi connectivity index (χ4v) is 14.6. The van der Waals surface area contributed by atoms with Gasteiger partial charge >= 0.3 is 0 Å². The lowest BCUT2D eigenvalue weighted by molar-refractivity contribution is 1.16. The molecule has 0 radical (unpaired) electrons. The maximum absolute atomic E-state index is 5.09. The molecule has 12 aromatic carbocycles. The predicted octanol–water partition coefficient (Wildman–Crippen LogP) is 22.6. The van der Waals surface area contributed by atoms with Gasteiger partial charge in [-0.1, -0.05) is 253 Å². The Bertz CT molecular complexity index is 5390. The molecule has 0 amide bonds. The Labute approximate surface area is 554 Å². The summed E-state index contributed by atoms with van der Waals surface area (Å²) in [5.41, 5.74) is 23.3. The van der Waals surface area contributed by atoms with Crippen molar-refractivity contribution in [2.45, 2.75) is 6.42 Å². The molecule has 1 aliphatic rings. The molecule has 0 aliphatic heterocycles. The lowest BCUT2D eigenvalue weighted by atomic mass is 10.0. The summed E-state index contributed by atoms with van der Waals surface area (Å²) in [5, 5.41) is 4.56. The average Bonchev–Trinajstić information content (AvgIpc) is 2.07. The van der Waals surface area contributed by atoms with Gasteiger partial charge in [-0.2, -0.15) is 0 Å². The Hall–Kier alpha value is -11.1. The van der Waals surface area contributed by atoms with Gasteiger partial charge in [-0.3, -0.25) is 0 Å². The third-order valence-electron chi connectivity index (χ3n) is 16.7. The molecule has 0 spiro atoms. The van der Waals surface area contributed by atoms with Crippen molar-refractivity contribution in [3.8, 4) is 106 Å². The van der Waals surface area contributed by atoms with Gasteiger partial charge in [0.15, 0.2) is 11.6 Å². The van der Waals surface area contributed by atoms with Crippen LogP contribution < -0.4 is 0 Å². The van der Waals surface area contributed by atoms with Crippen LogP contribution in [0.1, 0.15) is 11.1 Å². The van der Waals surface area contributed by atoms with Crippen LogP contribution in [0.15, 0.2) is 320 Å². The van der Waals surface area contributed by atoms with E-state index in [4.69, 9.17) is 29.9 Å². The number of hydrogen-bond acceptors (Lipinski definition) is 8. The highest BCUT2D eigenvalue weighted by atomic mass is 79.9. The molecule has 0 N–H and O–H groups in total. The monoisotopic (exact) mass is 1290 g/mol. The van der Waals surface area contributed by atoms with Crippen LogP contribution in [0.2, 0.25) is 0 Å². The fourth-order valence-electron chi connectivity index (χ4n) is 12.2. The molecule has 440 valence electrons. The molecule has 5 aromatic heterocycles. The third kappa shape index (κ3) is 11.8. The molecule has 7 nitrogen and oxygen atoms in total. The predicted molar refractivity (Wildman–Crippen MR) is 391 cm³/mol. The van der Waals surface area contributed by atoms with Crippen LogP contribution in [-0.4, -0.2) is 34.5 Å². The smallest absolute Gasteiger partial charge is 0.160 e. The number of halogens is 1. The van der Waals surface area contributed by atoms with Gasteiger partial charge in [0.05, 0.1) is 54.2 Å². The first-order chi connectivity index (χ1) is 46.0. The van der Waals surface area contributed by atoms with Gasteiger partial charge in [0, 0.05) is 65.4 Å². The third-order valence-corrected chi connectivity index (χ3v) is 19.4. The summed E-state index contributed by atoms with van der Waals surface area (Å²) < 4.78 is 5.81. The van der Waals surface area contributed by atoms with Crippen LogP contribution in [0.25, 0.3) is 148 Å². The largest absolute Gasteiger partial charge is 0.309 e.